The topological polar surface area (TPSA) is 51.9 Å². The Balaban J connectivity index is 1.94. The van der Waals surface area contributed by atoms with E-state index < -0.39 is 0 Å². The second-order valence-electron chi connectivity index (χ2n) is 8.26. The summed E-state index contributed by atoms with van der Waals surface area (Å²) >= 11 is 0. The maximum absolute atomic E-state index is 12.2. The average molecular weight is 410 g/mol. The Kier molecular flexibility index (Phi) is 6.52. The first-order valence-electron chi connectivity index (χ1n) is 10.2. The van der Waals surface area contributed by atoms with Gasteiger partial charge in [0.15, 0.2) is 11.5 Å². The van der Waals surface area contributed by atoms with E-state index in [0.29, 0.717) is 23.8 Å². The number of nitrogens with zero attached hydrogens (tertiary/aromatic N) is 1. The molecule has 0 aliphatic heterocycles. The highest BCUT2D eigenvalue weighted by Gasteiger charge is 2.14. The zero-order valence-electron chi connectivity index (χ0n) is 19.0. The van der Waals surface area contributed by atoms with Gasteiger partial charge < -0.3 is 13.9 Å². The standard InChI is InChI=1S/C25H31NO4/c1-15(2)20-12-21-19(11-25(27)30-22(21)9-17(20)4)14-26(5)13-18-10-24(29-7)23(28-6)8-16(18)3/h8-12,15H,13-14H2,1-7H3. The maximum atomic E-state index is 12.2. The Hall–Kier alpha value is -2.79. The van der Waals surface area contributed by atoms with Crippen molar-refractivity contribution in [3.8, 4) is 11.5 Å². The van der Waals surface area contributed by atoms with Gasteiger partial charge in [0.1, 0.15) is 5.58 Å². The second-order valence-corrected chi connectivity index (χ2v) is 8.26. The number of hydrogen-bond donors (Lipinski definition) is 0. The van der Waals surface area contributed by atoms with Gasteiger partial charge in [0.05, 0.1) is 14.2 Å². The van der Waals surface area contributed by atoms with Crippen molar-refractivity contribution in [3.63, 3.8) is 0 Å². The third-order valence-electron chi connectivity index (χ3n) is 5.56. The van der Waals surface area contributed by atoms with Crippen molar-refractivity contribution in [2.24, 2.45) is 0 Å². The van der Waals surface area contributed by atoms with Gasteiger partial charge in [0.2, 0.25) is 0 Å². The minimum Gasteiger partial charge on any atom is -0.493 e. The first kappa shape index (κ1) is 21.9. The van der Waals surface area contributed by atoms with Crippen LogP contribution in [0, 0.1) is 13.8 Å². The summed E-state index contributed by atoms with van der Waals surface area (Å²) < 4.78 is 16.3. The highest BCUT2D eigenvalue weighted by atomic mass is 16.5. The Morgan fingerprint density at radius 1 is 0.900 bits per heavy atom. The van der Waals surface area contributed by atoms with E-state index >= 15 is 0 Å². The monoisotopic (exact) mass is 409 g/mol. The smallest absolute Gasteiger partial charge is 0.336 e. The lowest BCUT2D eigenvalue weighted by Crippen LogP contribution is -2.19. The minimum atomic E-state index is -0.315. The van der Waals surface area contributed by atoms with Gasteiger partial charge in [-0.3, -0.25) is 4.90 Å². The molecular formula is C25H31NO4. The molecule has 5 heteroatoms. The average Bonchev–Trinajstić information content (AvgIpc) is 2.68. The molecule has 1 aromatic heterocycles. The van der Waals surface area contributed by atoms with Crippen molar-refractivity contribution in [2.75, 3.05) is 21.3 Å². The second kappa shape index (κ2) is 8.92. The molecule has 0 saturated carbocycles. The Morgan fingerprint density at radius 3 is 2.17 bits per heavy atom. The molecule has 0 fully saturated rings. The van der Waals surface area contributed by atoms with E-state index in [9.17, 15) is 4.79 Å². The van der Waals surface area contributed by atoms with Crippen LogP contribution in [-0.4, -0.2) is 26.2 Å². The summed E-state index contributed by atoms with van der Waals surface area (Å²) in [6.45, 7) is 9.84. The van der Waals surface area contributed by atoms with Gasteiger partial charge in [0.25, 0.3) is 0 Å². The lowest BCUT2D eigenvalue weighted by molar-refractivity contribution is 0.316. The molecule has 0 aliphatic rings. The van der Waals surface area contributed by atoms with Crippen LogP contribution in [0.4, 0.5) is 0 Å². The van der Waals surface area contributed by atoms with Gasteiger partial charge in [-0.2, -0.15) is 0 Å². The fourth-order valence-corrected chi connectivity index (χ4v) is 3.97. The van der Waals surface area contributed by atoms with Crippen LogP contribution in [0.25, 0.3) is 11.0 Å². The van der Waals surface area contributed by atoms with Crippen molar-refractivity contribution in [2.45, 2.75) is 46.7 Å². The number of rotatable bonds is 7. The third-order valence-corrected chi connectivity index (χ3v) is 5.56. The van der Waals surface area contributed by atoms with Crippen LogP contribution in [0.1, 0.15) is 47.6 Å². The van der Waals surface area contributed by atoms with Crippen molar-refractivity contribution in [1.82, 2.24) is 4.90 Å². The van der Waals surface area contributed by atoms with Crippen LogP contribution >= 0.6 is 0 Å². The van der Waals surface area contributed by atoms with E-state index in [1.165, 1.54) is 5.56 Å². The number of aryl methyl sites for hydroxylation is 2. The number of methoxy groups -OCH3 is 2. The SMILES string of the molecule is COc1cc(C)c(CN(C)Cc2cc(=O)oc3cc(C)c(C(C)C)cc23)cc1OC. The highest BCUT2D eigenvalue weighted by Crippen LogP contribution is 2.31. The molecule has 160 valence electrons. The molecule has 0 N–H and O–H groups in total. The van der Waals surface area contributed by atoms with Crippen LogP contribution in [0.15, 0.2) is 39.5 Å². The normalized spacial score (nSPS) is 11.5. The lowest BCUT2D eigenvalue weighted by atomic mass is 9.95. The van der Waals surface area contributed by atoms with E-state index in [2.05, 4.69) is 38.7 Å². The quantitative estimate of drug-likeness (QED) is 0.503. The molecule has 2 aromatic carbocycles. The van der Waals surface area contributed by atoms with Crippen molar-refractivity contribution >= 4 is 11.0 Å². The molecule has 0 unspecified atom stereocenters. The maximum Gasteiger partial charge on any atom is 0.336 e. The predicted octanol–water partition coefficient (Wildman–Crippen LogP) is 5.18. The fourth-order valence-electron chi connectivity index (χ4n) is 3.97. The van der Waals surface area contributed by atoms with Gasteiger partial charge >= 0.3 is 5.63 Å². The largest absolute Gasteiger partial charge is 0.493 e. The predicted molar refractivity (Wildman–Crippen MR) is 121 cm³/mol. The van der Waals surface area contributed by atoms with Crippen LogP contribution < -0.4 is 15.1 Å². The molecule has 3 aromatic rings. The lowest BCUT2D eigenvalue weighted by Gasteiger charge is -2.21. The molecule has 0 spiro atoms. The Morgan fingerprint density at radius 2 is 1.53 bits per heavy atom. The van der Waals surface area contributed by atoms with E-state index in [4.69, 9.17) is 13.9 Å². The van der Waals surface area contributed by atoms with Gasteiger partial charge in [0, 0.05) is 24.5 Å². The number of ether oxygens (including phenoxy) is 2. The van der Waals surface area contributed by atoms with E-state index in [1.54, 1.807) is 20.3 Å². The van der Waals surface area contributed by atoms with Crippen molar-refractivity contribution < 1.29 is 13.9 Å². The molecule has 0 amide bonds. The third kappa shape index (κ3) is 4.51. The Bertz CT molecular complexity index is 1110. The minimum absolute atomic E-state index is 0.315. The van der Waals surface area contributed by atoms with E-state index in [0.717, 1.165) is 39.9 Å². The van der Waals surface area contributed by atoms with Gasteiger partial charge in [-0.1, -0.05) is 13.8 Å². The van der Waals surface area contributed by atoms with Crippen LogP contribution in [-0.2, 0) is 13.1 Å². The molecule has 1 heterocycles. The number of fused-ring (bicyclic) bond motifs is 1. The molecule has 30 heavy (non-hydrogen) atoms. The van der Waals surface area contributed by atoms with E-state index in [1.807, 2.05) is 25.2 Å². The van der Waals surface area contributed by atoms with Gasteiger partial charge in [-0.05, 0) is 78.9 Å². The van der Waals surface area contributed by atoms with Gasteiger partial charge in [-0.25, -0.2) is 4.79 Å². The molecule has 0 saturated heterocycles. The van der Waals surface area contributed by atoms with Crippen LogP contribution in [0.3, 0.4) is 0 Å². The van der Waals surface area contributed by atoms with E-state index in [-0.39, 0.29) is 5.63 Å². The molecule has 3 rings (SSSR count). The molecule has 0 bridgehead atoms. The van der Waals surface area contributed by atoms with Crippen LogP contribution in [0.2, 0.25) is 0 Å². The first-order chi connectivity index (χ1) is 14.2. The molecule has 0 atom stereocenters. The summed E-state index contributed by atoms with van der Waals surface area (Å²) in [6, 6.07) is 9.77. The number of benzene rings is 2. The molecular weight excluding hydrogens is 378 g/mol. The molecule has 5 nitrogen and oxygen atoms in total. The summed E-state index contributed by atoms with van der Waals surface area (Å²) in [6.07, 6.45) is 0. The van der Waals surface area contributed by atoms with Crippen molar-refractivity contribution in [3.05, 3.63) is 68.6 Å². The number of hydrogen-bond acceptors (Lipinski definition) is 5. The van der Waals surface area contributed by atoms with Crippen LogP contribution in [0.5, 0.6) is 11.5 Å². The fraction of sp³-hybridized carbons (Fsp3) is 0.400. The zero-order chi connectivity index (χ0) is 22.0. The first-order valence-corrected chi connectivity index (χ1v) is 10.2. The molecule has 0 aliphatic carbocycles. The molecule has 0 radical (unpaired) electrons. The summed E-state index contributed by atoms with van der Waals surface area (Å²) in [5.41, 5.74) is 6.02. The summed E-state index contributed by atoms with van der Waals surface area (Å²) in [5.74, 6) is 1.85. The highest BCUT2D eigenvalue weighted by molar-refractivity contribution is 5.82. The zero-order valence-corrected chi connectivity index (χ0v) is 19.0. The summed E-state index contributed by atoms with van der Waals surface area (Å²) in [7, 11) is 5.33. The van der Waals surface area contributed by atoms with Gasteiger partial charge in [-0.15, -0.1) is 0 Å². The Labute approximate surface area is 178 Å². The summed E-state index contributed by atoms with van der Waals surface area (Å²) in [4.78, 5) is 14.4. The van der Waals surface area contributed by atoms with Crippen molar-refractivity contribution in [1.29, 1.82) is 0 Å². The summed E-state index contributed by atoms with van der Waals surface area (Å²) in [5, 5.41) is 1.000.